The maximum absolute atomic E-state index is 12.2. The van der Waals surface area contributed by atoms with Crippen molar-refractivity contribution in [3.63, 3.8) is 0 Å². The Labute approximate surface area is 133 Å². The van der Waals surface area contributed by atoms with E-state index in [1.807, 2.05) is 6.92 Å². The number of halogens is 1. The number of anilines is 1. The Morgan fingerprint density at radius 3 is 2.48 bits per heavy atom. The fraction of sp³-hybridized carbons (Fsp3) is 0.467. The molecule has 0 bridgehead atoms. The highest BCUT2D eigenvalue weighted by Gasteiger charge is 2.31. The third-order valence-electron chi connectivity index (χ3n) is 3.33. The quantitative estimate of drug-likeness (QED) is 0.792. The van der Waals surface area contributed by atoms with E-state index in [0.29, 0.717) is 28.8 Å². The number of ether oxygens (including phenoxy) is 2. The summed E-state index contributed by atoms with van der Waals surface area (Å²) in [5.74, 6) is -0.636. The molecule has 0 spiro atoms. The first kappa shape index (κ1) is 17.7. The Hall–Kier alpha value is -1.40. The number of hydrogen-bond acceptors (Lipinski definition) is 4. The van der Waals surface area contributed by atoms with Crippen molar-refractivity contribution in [1.29, 1.82) is 0 Å². The molecule has 0 saturated carbocycles. The normalized spacial score (nSPS) is 13.4. The summed E-state index contributed by atoms with van der Waals surface area (Å²) in [6.45, 7) is 5.67. The van der Waals surface area contributed by atoms with Crippen LogP contribution in [0.5, 0.6) is 0 Å². The molecule has 1 rings (SSSR count). The van der Waals surface area contributed by atoms with Gasteiger partial charge in [0.1, 0.15) is 5.60 Å². The largest absolute Gasteiger partial charge is 0.462 e. The van der Waals surface area contributed by atoms with E-state index in [0.717, 1.165) is 0 Å². The van der Waals surface area contributed by atoms with Crippen LogP contribution in [-0.2, 0) is 14.3 Å². The van der Waals surface area contributed by atoms with Crippen LogP contribution in [0.1, 0.15) is 37.6 Å². The molecule has 116 valence electrons. The van der Waals surface area contributed by atoms with Gasteiger partial charge in [-0.1, -0.05) is 6.92 Å². The Balaban J connectivity index is 2.91. The lowest BCUT2D eigenvalue weighted by Crippen LogP contribution is -2.41. The maximum Gasteiger partial charge on any atom is 0.338 e. The molecule has 0 aliphatic heterocycles. The molecule has 0 fully saturated rings. The third-order valence-corrected chi connectivity index (χ3v) is 3.99. The van der Waals surface area contributed by atoms with Gasteiger partial charge in [0, 0.05) is 11.6 Å². The lowest BCUT2D eigenvalue weighted by molar-refractivity contribution is -0.136. The molecule has 21 heavy (non-hydrogen) atoms. The van der Waals surface area contributed by atoms with Crippen LogP contribution < -0.4 is 5.32 Å². The summed E-state index contributed by atoms with van der Waals surface area (Å²) in [6, 6.07) is 4.87. The van der Waals surface area contributed by atoms with Gasteiger partial charge < -0.3 is 14.8 Å². The van der Waals surface area contributed by atoms with Gasteiger partial charge in [-0.3, -0.25) is 4.79 Å². The van der Waals surface area contributed by atoms with E-state index in [-0.39, 0.29) is 5.91 Å². The number of benzene rings is 1. The molecule has 5 nitrogen and oxygen atoms in total. The molecule has 0 aliphatic rings. The third kappa shape index (κ3) is 4.28. The average molecular weight is 358 g/mol. The highest BCUT2D eigenvalue weighted by Crippen LogP contribution is 2.26. The molecule has 0 heterocycles. The molecule has 1 N–H and O–H groups in total. The lowest BCUT2D eigenvalue weighted by Gasteiger charge is -2.25. The first-order valence-electron chi connectivity index (χ1n) is 6.71. The summed E-state index contributed by atoms with van der Waals surface area (Å²) in [5.41, 5.74) is 0.107. The second kappa shape index (κ2) is 7.56. The zero-order valence-corrected chi connectivity index (χ0v) is 14.2. The summed E-state index contributed by atoms with van der Waals surface area (Å²) in [7, 11) is 1.50. The fourth-order valence-electron chi connectivity index (χ4n) is 1.61. The lowest BCUT2D eigenvalue weighted by atomic mass is 10.0. The second-order valence-electron chi connectivity index (χ2n) is 4.66. The van der Waals surface area contributed by atoms with Crippen LogP contribution in [0.3, 0.4) is 0 Å². The predicted octanol–water partition coefficient (Wildman–Crippen LogP) is 3.38. The standard InChI is InChI=1S/C15H20BrNO4/c1-5-15(3,20-4)14(19)17-12-8-7-10(9-11(12)16)13(18)21-6-2/h7-9H,5-6H2,1-4H3,(H,17,19). The number of nitrogens with one attached hydrogen (secondary N) is 1. The van der Waals surface area contributed by atoms with Gasteiger partial charge in [0.15, 0.2) is 0 Å². The highest BCUT2D eigenvalue weighted by atomic mass is 79.9. The van der Waals surface area contributed by atoms with Crippen molar-refractivity contribution in [3.05, 3.63) is 28.2 Å². The second-order valence-corrected chi connectivity index (χ2v) is 5.51. The van der Waals surface area contributed by atoms with E-state index >= 15 is 0 Å². The Bertz CT molecular complexity index is 526. The Morgan fingerprint density at radius 1 is 1.33 bits per heavy atom. The molecule has 0 saturated heterocycles. The minimum atomic E-state index is -0.890. The number of methoxy groups -OCH3 is 1. The highest BCUT2D eigenvalue weighted by molar-refractivity contribution is 9.10. The van der Waals surface area contributed by atoms with Crippen LogP contribution in [-0.4, -0.2) is 31.2 Å². The van der Waals surface area contributed by atoms with Gasteiger partial charge in [0.25, 0.3) is 5.91 Å². The smallest absolute Gasteiger partial charge is 0.338 e. The summed E-state index contributed by atoms with van der Waals surface area (Å²) < 4.78 is 10.8. The Kier molecular flexibility index (Phi) is 6.36. The van der Waals surface area contributed by atoms with Crippen LogP contribution in [0, 0.1) is 0 Å². The number of carbonyl (C=O) groups is 2. The number of rotatable bonds is 6. The topological polar surface area (TPSA) is 64.6 Å². The molecule has 1 amide bonds. The van der Waals surface area contributed by atoms with E-state index in [2.05, 4.69) is 21.2 Å². The van der Waals surface area contributed by atoms with E-state index < -0.39 is 11.6 Å². The SMILES string of the molecule is CCOC(=O)c1ccc(NC(=O)C(C)(CC)OC)c(Br)c1. The van der Waals surface area contributed by atoms with Crippen molar-refractivity contribution in [2.24, 2.45) is 0 Å². The maximum atomic E-state index is 12.2. The number of esters is 1. The van der Waals surface area contributed by atoms with Gasteiger partial charge in [0.05, 0.1) is 17.9 Å². The van der Waals surface area contributed by atoms with Gasteiger partial charge in [-0.2, -0.15) is 0 Å². The molecule has 0 aromatic heterocycles. The Morgan fingerprint density at radius 2 is 2.00 bits per heavy atom. The van der Waals surface area contributed by atoms with E-state index in [1.165, 1.54) is 7.11 Å². The van der Waals surface area contributed by atoms with Gasteiger partial charge >= 0.3 is 5.97 Å². The predicted molar refractivity (Wildman–Crippen MR) is 84.4 cm³/mol. The van der Waals surface area contributed by atoms with Crippen LogP contribution in [0.2, 0.25) is 0 Å². The summed E-state index contributed by atoms with van der Waals surface area (Å²) >= 11 is 3.34. The summed E-state index contributed by atoms with van der Waals surface area (Å²) in [5, 5.41) is 2.79. The van der Waals surface area contributed by atoms with Crippen LogP contribution in [0.25, 0.3) is 0 Å². The number of hydrogen-bond donors (Lipinski definition) is 1. The monoisotopic (exact) mass is 357 g/mol. The van der Waals surface area contributed by atoms with Crippen molar-refractivity contribution < 1.29 is 19.1 Å². The molecule has 1 unspecified atom stereocenters. The van der Waals surface area contributed by atoms with E-state index in [9.17, 15) is 9.59 Å². The molecule has 1 atom stereocenters. The molecular weight excluding hydrogens is 338 g/mol. The zero-order valence-electron chi connectivity index (χ0n) is 12.7. The number of carbonyl (C=O) groups excluding carboxylic acids is 2. The van der Waals surface area contributed by atoms with Gasteiger partial charge in [-0.05, 0) is 54.4 Å². The fourth-order valence-corrected chi connectivity index (χ4v) is 2.09. The van der Waals surface area contributed by atoms with E-state index in [4.69, 9.17) is 9.47 Å². The summed E-state index contributed by atoms with van der Waals surface area (Å²) in [6.07, 6.45) is 0.549. The molecule has 1 aromatic carbocycles. The van der Waals surface area contributed by atoms with Crippen LogP contribution >= 0.6 is 15.9 Å². The average Bonchev–Trinajstić information content (AvgIpc) is 2.48. The van der Waals surface area contributed by atoms with Crippen molar-refractivity contribution in [1.82, 2.24) is 0 Å². The van der Waals surface area contributed by atoms with Crippen molar-refractivity contribution >= 4 is 33.5 Å². The van der Waals surface area contributed by atoms with Crippen molar-refractivity contribution in [3.8, 4) is 0 Å². The molecule has 6 heteroatoms. The molecular formula is C15H20BrNO4. The number of amides is 1. The van der Waals surface area contributed by atoms with E-state index in [1.54, 1.807) is 32.0 Å². The van der Waals surface area contributed by atoms with Gasteiger partial charge in [-0.25, -0.2) is 4.79 Å². The molecule has 0 aliphatic carbocycles. The van der Waals surface area contributed by atoms with Crippen molar-refractivity contribution in [2.75, 3.05) is 19.0 Å². The minimum Gasteiger partial charge on any atom is -0.462 e. The van der Waals surface area contributed by atoms with Gasteiger partial charge in [0.2, 0.25) is 0 Å². The minimum absolute atomic E-state index is 0.239. The van der Waals surface area contributed by atoms with Gasteiger partial charge in [-0.15, -0.1) is 0 Å². The first-order valence-corrected chi connectivity index (χ1v) is 7.50. The summed E-state index contributed by atoms with van der Waals surface area (Å²) in [4.78, 5) is 23.9. The molecule has 0 radical (unpaired) electrons. The first-order chi connectivity index (χ1) is 9.87. The van der Waals surface area contributed by atoms with Crippen LogP contribution in [0.4, 0.5) is 5.69 Å². The van der Waals surface area contributed by atoms with Crippen molar-refractivity contribution in [2.45, 2.75) is 32.8 Å². The zero-order chi connectivity index (χ0) is 16.0. The molecule has 1 aromatic rings. The van der Waals surface area contributed by atoms with Crippen LogP contribution in [0.15, 0.2) is 22.7 Å².